The zero-order valence-corrected chi connectivity index (χ0v) is 16.1. The van der Waals surface area contributed by atoms with Crippen LogP contribution < -0.4 is 15.1 Å². The summed E-state index contributed by atoms with van der Waals surface area (Å²) in [5.74, 6) is -0.224. The first kappa shape index (κ1) is 20.6. The summed E-state index contributed by atoms with van der Waals surface area (Å²) >= 11 is 0. The Kier molecular flexibility index (Phi) is 8.00. The fourth-order valence-electron chi connectivity index (χ4n) is 2.60. The molecule has 0 atom stereocenters. The lowest BCUT2D eigenvalue weighted by atomic mass is 10.3. The maximum absolute atomic E-state index is 12.2. The van der Waals surface area contributed by atoms with Gasteiger partial charge in [0.25, 0.3) is 0 Å². The van der Waals surface area contributed by atoms with Crippen LogP contribution >= 0.6 is 0 Å². The van der Waals surface area contributed by atoms with Crippen LogP contribution in [0.25, 0.3) is 0 Å². The number of hydrogen-bond donors (Lipinski definition) is 1. The highest BCUT2D eigenvalue weighted by atomic mass is 16.6. The van der Waals surface area contributed by atoms with Gasteiger partial charge in [0.15, 0.2) is 5.57 Å². The number of rotatable bonds is 8. The van der Waals surface area contributed by atoms with Crippen molar-refractivity contribution in [1.29, 1.82) is 0 Å². The first-order valence-electron chi connectivity index (χ1n) is 9.22. The van der Waals surface area contributed by atoms with E-state index in [0.717, 1.165) is 26.2 Å². The Morgan fingerprint density at radius 2 is 1.81 bits per heavy atom. The Morgan fingerprint density at radius 1 is 1.19 bits per heavy atom. The smallest absolute Gasteiger partial charge is 0.347 e. The van der Waals surface area contributed by atoms with Crippen molar-refractivity contribution in [3.8, 4) is 0 Å². The lowest BCUT2D eigenvalue weighted by Crippen LogP contribution is -2.44. The summed E-state index contributed by atoms with van der Waals surface area (Å²) in [7, 11) is 0. The van der Waals surface area contributed by atoms with Crippen molar-refractivity contribution in [1.82, 2.24) is 15.3 Å². The van der Waals surface area contributed by atoms with Crippen LogP contribution in [0, 0.1) is 0 Å². The van der Waals surface area contributed by atoms with Gasteiger partial charge in [-0.2, -0.15) is 4.98 Å². The van der Waals surface area contributed by atoms with E-state index in [1.165, 1.54) is 6.20 Å². The van der Waals surface area contributed by atoms with E-state index in [1.54, 1.807) is 31.0 Å². The molecule has 1 fully saturated rings. The molecule has 1 aliphatic rings. The van der Waals surface area contributed by atoms with Crippen LogP contribution in [0.15, 0.2) is 24.0 Å². The summed E-state index contributed by atoms with van der Waals surface area (Å²) in [4.78, 5) is 37.1. The minimum Gasteiger partial charge on any atom is -0.462 e. The molecular weight excluding hydrogens is 350 g/mol. The second kappa shape index (κ2) is 10.5. The first-order chi connectivity index (χ1) is 13.1. The number of piperazine rings is 1. The van der Waals surface area contributed by atoms with Gasteiger partial charge >= 0.3 is 11.9 Å². The monoisotopic (exact) mass is 377 g/mol. The molecule has 0 amide bonds. The van der Waals surface area contributed by atoms with E-state index in [0.29, 0.717) is 18.3 Å². The first-order valence-corrected chi connectivity index (χ1v) is 9.22. The largest absolute Gasteiger partial charge is 0.462 e. The highest BCUT2D eigenvalue weighted by molar-refractivity contribution is 6.14. The summed E-state index contributed by atoms with van der Waals surface area (Å²) in [5.41, 5.74) is -0.164. The van der Waals surface area contributed by atoms with Crippen LogP contribution in [0.1, 0.15) is 20.8 Å². The summed E-state index contributed by atoms with van der Waals surface area (Å²) in [6.07, 6.45) is 3.10. The number of hydrogen-bond acceptors (Lipinski definition) is 9. The quantitative estimate of drug-likeness (QED) is 0.304. The van der Waals surface area contributed by atoms with E-state index in [-0.39, 0.29) is 18.8 Å². The van der Waals surface area contributed by atoms with Gasteiger partial charge in [0.2, 0.25) is 5.95 Å². The fraction of sp³-hybridized carbons (Fsp3) is 0.556. The number of carbonyl (C=O) groups is 2. The number of ether oxygens (including phenoxy) is 2. The van der Waals surface area contributed by atoms with E-state index in [9.17, 15) is 9.59 Å². The zero-order chi connectivity index (χ0) is 19.6. The molecule has 0 saturated carbocycles. The van der Waals surface area contributed by atoms with E-state index < -0.39 is 11.9 Å². The predicted octanol–water partition coefficient (Wildman–Crippen LogP) is 0.723. The minimum absolute atomic E-state index is 0.164. The number of aromatic nitrogens is 2. The average Bonchev–Trinajstić information content (AvgIpc) is 2.70. The van der Waals surface area contributed by atoms with E-state index in [4.69, 9.17) is 9.47 Å². The highest BCUT2D eigenvalue weighted by Gasteiger charge is 2.23. The third-order valence-corrected chi connectivity index (χ3v) is 3.94. The van der Waals surface area contributed by atoms with Gasteiger partial charge in [0.05, 0.1) is 13.2 Å². The molecule has 0 radical (unpaired) electrons. The van der Waals surface area contributed by atoms with E-state index >= 15 is 0 Å². The van der Waals surface area contributed by atoms with Gasteiger partial charge in [0.1, 0.15) is 5.82 Å². The van der Waals surface area contributed by atoms with Crippen LogP contribution in [0.4, 0.5) is 11.8 Å². The third-order valence-electron chi connectivity index (χ3n) is 3.94. The molecule has 1 saturated heterocycles. The van der Waals surface area contributed by atoms with Crippen LogP contribution in [-0.4, -0.2) is 67.8 Å². The highest BCUT2D eigenvalue weighted by Crippen LogP contribution is 2.17. The molecule has 2 rings (SSSR count). The molecule has 27 heavy (non-hydrogen) atoms. The number of esters is 2. The zero-order valence-electron chi connectivity index (χ0n) is 16.1. The van der Waals surface area contributed by atoms with Crippen molar-refractivity contribution in [2.45, 2.75) is 20.8 Å². The van der Waals surface area contributed by atoms with E-state index in [2.05, 4.69) is 20.2 Å². The molecule has 148 valence electrons. The second-order valence-electron chi connectivity index (χ2n) is 5.72. The molecule has 0 aromatic carbocycles. The molecule has 1 aromatic rings. The van der Waals surface area contributed by atoms with Crippen molar-refractivity contribution in [3.63, 3.8) is 0 Å². The molecule has 0 bridgehead atoms. The summed E-state index contributed by atoms with van der Waals surface area (Å²) < 4.78 is 9.98. The number of anilines is 2. The number of nitrogens with one attached hydrogen (secondary N) is 1. The van der Waals surface area contributed by atoms with Crippen LogP contribution in [0.3, 0.4) is 0 Å². The predicted molar refractivity (Wildman–Crippen MR) is 101 cm³/mol. The Labute approximate surface area is 159 Å². The average molecular weight is 377 g/mol. The van der Waals surface area contributed by atoms with Crippen molar-refractivity contribution in [2.75, 3.05) is 55.7 Å². The summed E-state index contributed by atoms with van der Waals surface area (Å²) in [6, 6.07) is 1.74. The lowest BCUT2D eigenvalue weighted by molar-refractivity contribution is -0.146. The molecule has 2 heterocycles. The van der Waals surface area contributed by atoms with Gasteiger partial charge in [-0.05, 0) is 26.8 Å². The Hall–Kier alpha value is -2.68. The van der Waals surface area contributed by atoms with Gasteiger partial charge in [-0.15, -0.1) is 0 Å². The van der Waals surface area contributed by atoms with Gasteiger partial charge in [-0.1, -0.05) is 0 Å². The molecule has 0 aliphatic carbocycles. The van der Waals surface area contributed by atoms with Gasteiger partial charge in [-0.25, -0.2) is 14.6 Å². The van der Waals surface area contributed by atoms with Crippen LogP contribution in [0.2, 0.25) is 0 Å². The fourth-order valence-corrected chi connectivity index (χ4v) is 2.60. The Bertz CT molecular complexity index is 653. The van der Waals surface area contributed by atoms with Crippen LogP contribution in [-0.2, 0) is 19.1 Å². The lowest BCUT2D eigenvalue weighted by Gasteiger charge is -2.28. The van der Waals surface area contributed by atoms with Gasteiger partial charge < -0.3 is 24.6 Å². The third kappa shape index (κ3) is 5.65. The van der Waals surface area contributed by atoms with E-state index in [1.807, 2.05) is 6.92 Å². The summed E-state index contributed by atoms with van der Waals surface area (Å²) in [5, 5.41) is 3.29. The maximum atomic E-state index is 12.2. The van der Waals surface area contributed by atoms with Crippen LogP contribution in [0.5, 0.6) is 0 Å². The normalized spacial score (nSPS) is 13.7. The van der Waals surface area contributed by atoms with Crippen molar-refractivity contribution >= 4 is 23.7 Å². The van der Waals surface area contributed by atoms with Crippen molar-refractivity contribution < 1.29 is 19.1 Å². The number of carbonyl (C=O) groups excluding carboxylic acids is 2. The molecule has 0 spiro atoms. The SMILES string of the molecule is CCOC(=O)C(=CN(CC)c1ccnc(N2CCNCC2)n1)C(=O)OCC. The second-order valence-corrected chi connectivity index (χ2v) is 5.72. The maximum Gasteiger partial charge on any atom is 0.347 e. The molecule has 9 heteroatoms. The molecule has 0 unspecified atom stereocenters. The van der Waals surface area contributed by atoms with Crippen molar-refractivity contribution in [2.24, 2.45) is 0 Å². The number of nitrogens with zero attached hydrogens (tertiary/aromatic N) is 4. The molecule has 1 N–H and O–H groups in total. The van der Waals surface area contributed by atoms with Gasteiger partial charge in [0, 0.05) is 45.1 Å². The van der Waals surface area contributed by atoms with Crippen molar-refractivity contribution in [3.05, 3.63) is 24.0 Å². The molecule has 1 aliphatic heterocycles. The molecule has 9 nitrogen and oxygen atoms in total. The Morgan fingerprint density at radius 3 is 2.37 bits per heavy atom. The standard InChI is InChI=1S/C18H27N5O4/c1-4-22(13-14(16(24)26-5-2)17(25)27-6-3)15-7-8-20-18(21-15)23-11-9-19-10-12-23/h7-8,13,19H,4-6,9-12H2,1-3H3. The molecule has 1 aromatic heterocycles. The Balaban J connectivity index is 2.30. The molecular formula is C18H27N5O4. The topological polar surface area (TPSA) is 96.9 Å². The minimum atomic E-state index is -0.717. The van der Waals surface area contributed by atoms with Gasteiger partial charge in [-0.3, -0.25) is 0 Å². The summed E-state index contributed by atoms with van der Waals surface area (Å²) in [6.45, 7) is 9.50.